The van der Waals surface area contributed by atoms with Crippen LogP contribution in [-0.2, 0) is 14.3 Å². The molecule has 136 valence electrons. The molecule has 0 bridgehead atoms. The Morgan fingerprint density at radius 2 is 1.62 bits per heavy atom. The lowest BCUT2D eigenvalue weighted by Crippen LogP contribution is -2.42. The van der Waals surface area contributed by atoms with Crippen LogP contribution in [0.3, 0.4) is 0 Å². The molecule has 0 saturated carbocycles. The summed E-state index contributed by atoms with van der Waals surface area (Å²) in [5.41, 5.74) is -1.09. The summed E-state index contributed by atoms with van der Waals surface area (Å²) >= 11 is 0. The van der Waals surface area contributed by atoms with E-state index in [2.05, 4.69) is 5.32 Å². The number of amides is 2. The van der Waals surface area contributed by atoms with E-state index >= 15 is 0 Å². The fourth-order valence-corrected chi connectivity index (χ4v) is 1.97. The van der Waals surface area contributed by atoms with Crippen molar-refractivity contribution in [2.45, 2.75) is 19.4 Å². The number of benzene rings is 2. The van der Waals surface area contributed by atoms with Gasteiger partial charge in [0.15, 0.2) is 12.2 Å². The highest BCUT2D eigenvalue weighted by Crippen LogP contribution is 2.19. The van der Waals surface area contributed by atoms with Crippen molar-refractivity contribution in [1.29, 1.82) is 0 Å². The Morgan fingerprint density at radius 1 is 1.00 bits per heavy atom. The van der Waals surface area contributed by atoms with Gasteiger partial charge in [-0.3, -0.25) is 14.9 Å². The standard InChI is InChI=1S/C19H18FNO5/c1-19(2,26-15-10-8-14(20)9-11-15)18(24)25-12-16(22)21-17(23)13-6-4-3-5-7-13/h3-11H,12H2,1-2H3,(H,21,22,23). The third kappa shape index (κ3) is 5.41. The molecule has 0 saturated heterocycles. The maximum atomic E-state index is 12.9. The molecule has 0 atom stereocenters. The first-order chi connectivity index (χ1) is 12.3. The number of ether oxygens (including phenoxy) is 2. The molecule has 0 aromatic heterocycles. The van der Waals surface area contributed by atoms with Gasteiger partial charge in [-0.25, -0.2) is 9.18 Å². The number of hydrogen-bond acceptors (Lipinski definition) is 5. The predicted molar refractivity (Wildman–Crippen MR) is 91.0 cm³/mol. The molecule has 26 heavy (non-hydrogen) atoms. The van der Waals surface area contributed by atoms with Gasteiger partial charge in [0.1, 0.15) is 11.6 Å². The summed E-state index contributed by atoms with van der Waals surface area (Å²) in [4.78, 5) is 35.7. The Kier molecular flexibility index (Phi) is 6.06. The quantitative estimate of drug-likeness (QED) is 0.802. The van der Waals surface area contributed by atoms with E-state index in [4.69, 9.17) is 9.47 Å². The smallest absolute Gasteiger partial charge is 0.350 e. The van der Waals surface area contributed by atoms with Gasteiger partial charge in [0.2, 0.25) is 0 Å². The van der Waals surface area contributed by atoms with Gasteiger partial charge in [-0.05, 0) is 50.2 Å². The van der Waals surface area contributed by atoms with Crippen molar-refractivity contribution >= 4 is 17.8 Å². The summed E-state index contributed by atoms with van der Waals surface area (Å²) < 4.78 is 23.3. The number of imide groups is 1. The number of rotatable bonds is 6. The van der Waals surface area contributed by atoms with E-state index in [9.17, 15) is 18.8 Å². The number of hydrogen-bond donors (Lipinski definition) is 1. The van der Waals surface area contributed by atoms with Crippen LogP contribution in [0, 0.1) is 5.82 Å². The van der Waals surface area contributed by atoms with Crippen molar-refractivity contribution in [2.75, 3.05) is 6.61 Å². The molecule has 0 aliphatic carbocycles. The zero-order chi connectivity index (χ0) is 19.2. The van der Waals surface area contributed by atoms with E-state index < -0.39 is 35.8 Å². The Balaban J connectivity index is 1.85. The minimum absolute atomic E-state index is 0.275. The van der Waals surface area contributed by atoms with Crippen LogP contribution in [0.25, 0.3) is 0 Å². The maximum Gasteiger partial charge on any atom is 0.350 e. The van der Waals surface area contributed by atoms with Gasteiger partial charge in [-0.2, -0.15) is 0 Å². The molecule has 0 fully saturated rings. The van der Waals surface area contributed by atoms with Gasteiger partial charge in [-0.15, -0.1) is 0 Å². The molecule has 2 rings (SSSR count). The molecule has 2 amide bonds. The molecular formula is C19H18FNO5. The van der Waals surface area contributed by atoms with Crippen LogP contribution < -0.4 is 10.1 Å². The molecule has 0 unspecified atom stereocenters. The van der Waals surface area contributed by atoms with Crippen LogP contribution in [0.5, 0.6) is 5.75 Å². The lowest BCUT2D eigenvalue weighted by atomic mass is 10.1. The summed E-state index contributed by atoms with van der Waals surface area (Å²) in [5.74, 6) is -2.31. The molecule has 2 aromatic rings. The summed E-state index contributed by atoms with van der Waals surface area (Å²) in [6.45, 7) is 2.27. The molecule has 0 radical (unpaired) electrons. The first kappa shape index (κ1) is 19.1. The van der Waals surface area contributed by atoms with E-state index in [1.807, 2.05) is 0 Å². The summed E-state index contributed by atoms with van der Waals surface area (Å²) in [6, 6.07) is 13.3. The van der Waals surface area contributed by atoms with Crippen molar-refractivity contribution in [3.8, 4) is 5.75 Å². The Morgan fingerprint density at radius 3 is 2.23 bits per heavy atom. The molecule has 0 spiro atoms. The van der Waals surface area contributed by atoms with Crippen LogP contribution in [0.4, 0.5) is 4.39 Å². The average Bonchev–Trinajstić information content (AvgIpc) is 2.62. The maximum absolute atomic E-state index is 12.9. The van der Waals surface area contributed by atoms with Crippen molar-refractivity contribution in [2.24, 2.45) is 0 Å². The van der Waals surface area contributed by atoms with Gasteiger partial charge in [-0.1, -0.05) is 18.2 Å². The molecule has 0 aliphatic rings. The Labute approximate surface area is 149 Å². The average molecular weight is 359 g/mol. The topological polar surface area (TPSA) is 81.7 Å². The van der Waals surface area contributed by atoms with E-state index in [1.54, 1.807) is 30.3 Å². The van der Waals surface area contributed by atoms with E-state index in [1.165, 1.54) is 38.1 Å². The first-order valence-electron chi connectivity index (χ1n) is 7.79. The third-order valence-corrected chi connectivity index (χ3v) is 3.30. The van der Waals surface area contributed by atoms with Crippen LogP contribution in [0.2, 0.25) is 0 Å². The number of carbonyl (C=O) groups excluding carboxylic acids is 3. The fraction of sp³-hybridized carbons (Fsp3) is 0.211. The van der Waals surface area contributed by atoms with Gasteiger partial charge < -0.3 is 9.47 Å². The van der Waals surface area contributed by atoms with Crippen molar-refractivity contribution in [3.05, 3.63) is 66.0 Å². The number of halogens is 1. The van der Waals surface area contributed by atoms with Crippen LogP contribution >= 0.6 is 0 Å². The predicted octanol–water partition coefficient (Wildman–Crippen LogP) is 2.48. The number of nitrogens with one attached hydrogen (secondary N) is 1. The van der Waals surface area contributed by atoms with Crippen LogP contribution in [0.1, 0.15) is 24.2 Å². The van der Waals surface area contributed by atoms with E-state index in [0.717, 1.165) is 0 Å². The van der Waals surface area contributed by atoms with E-state index in [0.29, 0.717) is 5.56 Å². The zero-order valence-corrected chi connectivity index (χ0v) is 14.3. The third-order valence-electron chi connectivity index (χ3n) is 3.30. The molecule has 7 heteroatoms. The zero-order valence-electron chi connectivity index (χ0n) is 14.3. The highest BCUT2D eigenvalue weighted by atomic mass is 19.1. The lowest BCUT2D eigenvalue weighted by Gasteiger charge is -2.24. The second-order valence-corrected chi connectivity index (χ2v) is 5.89. The molecule has 1 N–H and O–H groups in total. The molecular weight excluding hydrogens is 341 g/mol. The van der Waals surface area contributed by atoms with Gasteiger partial charge in [0.05, 0.1) is 0 Å². The normalized spacial score (nSPS) is 10.7. The molecule has 2 aromatic carbocycles. The van der Waals surface area contributed by atoms with Crippen molar-refractivity contribution < 1.29 is 28.2 Å². The minimum atomic E-state index is -1.40. The van der Waals surface area contributed by atoms with Crippen LogP contribution in [0.15, 0.2) is 54.6 Å². The highest BCUT2D eigenvalue weighted by Gasteiger charge is 2.32. The van der Waals surface area contributed by atoms with Gasteiger partial charge in [0.25, 0.3) is 11.8 Å². The Hall–Kier alpha value is -3.22. The van der Waals surface area contributed by atoms with Gasteiger partial charge in [0, 0.05) is 5.56 Å². The number of esters is 1. The molecule has 0 heterocycles. The summed E-state index contributed by atoms with van der Waals surface area (Å²) in [7, 11) is 0. The summed E-state index contributed by atoms with van der Waals surface area (Å²) in [6.07, 6.45) is 0. The second kappa shape index (κ2) is 8.24. The SMILES string of the molecule is CC(C)(Oc1ccc(F)cc1)C(=O)OCC(=O)NC(=O)c1ccccc1. The first-order valence-corrected chi connectivity index (χ1v) is 7.79. The van der Waals surface area contributed by atoms with Crippen LogP contribution in [-0.4, -0.2) is 30.0 Å². The largest absolute Gasteiger partial charge is 0.476 e. The van der Waals surface area contributed by atoms with Crippen molar-refractivity contribution in [3.63, 3.8) is 0 Å². The summed E-state index contributed by atoms with van der Waals surface area (Å²) in [5, 5.41) is 2.12. The van der Waals surface area contributed by atoms with E-state index in [-0.39, 0.29) is 5.75 Å². The molecule has 0 aliphatic heterocycles. The number of carbonyl (C=O) groups is 3. The minimum Gasteiger partial charge on any atom is -0.476 e. The second-order valence-electron chi connectivity index (χ2n) is 5.89. The van der Waals surface area contributed by atoms with Gasteiger partial charge >= 0.3 is 5.97 Å². The molecule has 6 nitrogen and oxygen atoms in total. The monoisotopic (exact) mass is 359 g/mol. The fourth-order valence-electron chi connectivity index (χ4n) is 1.97. The lowest BCUT2D eigenvalue weighted by molar-refractivity contribution is -0.161. The Bertz CT molecular complexity index is 787. The van der Waals surface area contributed by atoms with Crippen molar-refractivity contribution in [1.82, 2.24) is 5.32 Å². The highest BCUT2D eigenvalue weighted by molar-refractivity contribution is 6.05.